The third-order valence-electron chi connectivity index (χ3n) is 6.31. The number of aromatic nitrogens is 6. The van der Waals surface area contributed by atoms with Crippen molar-refractivity contribution in [3.63, 3.8) is 0 Å². The van der Waals surface area contributed by atoms with Gasteiger partial charge in [-0.25, -0.2) is 28.4 Å². The maximum atomic E-state index is 15.2. The van der Waals surface area contributed by atoms with Crippen molar-refractivity contribution in [1.82, 2.24) is 29.4 Å². The van der Waals surface area contributed by atoms with Crippen molar-refractivity contribution in [3.05, 3.63) is 48.8 Å². The van der Waals surface area contributed by atoms with Crippen molar-refractivity contribution in [3.8, 4) is 22.5 Å². The lowest BCUT2D eigenvalue weighted by Crippen LogP contribution is -2.33. The van der Waals surface area contributed by atoms with E-state index in [9.17, 15) is 4.79 Å². The van der Waals surface area contributed by atoms with Gasteiger partial charge >= 0.3 is 6.09 Å². The molecule has 194 valence electrons. The molecule has 1 aliphatic heterocycles. The first-order chi connectivity index (χ1) is 17.7. The molecule has 1 amide bonds. The molecule has 10 nitrogen and oxygen atoms in total. The summed E-state index contributed by atoms with van der Waals surface area (Å²) in [6.07, 6.45) is 5.22. The molecule has 1 aliphatic rings. The predicted octanol–water partition coefficient (Wildman–Crippen LogP) is 4.84. The fourth-order valence-electron chi connectivity index (χ4n) is 4.12. The Balaban J connectivity index is 1.36. The Morgan fingerprint density at radius 3 is 2.81 bits per heavy atom. The Morgan fingerprint density at radius 1 is 1.22 bits per heavy atom. The van der Waals surface area contributed by atoms with Crippen LogP contribution in [0.15, 0.2) is 43.0 Å². The lowest BCUT2D eigenvalue weighted by atomic mass is 10.1. The van der Waals surface area contributed by atoms with Gasteiger partial charge in [0.15, 0.2) is 11.5 Å². The highest BCUT2D eigenvalue weighted by atomic mass is 28.3. The highest BCUT2D eigenvalue weighted by molar-refractivity contribution is 6.76. The summed E-state index contributed by atoms with van der Waals surface area (Å²) in [5, 5.41) is 8.71. The van der Waals surface area contributed by atoms with Crippen LogP contribution in [0.4, 0.5) is 15.0 Å². The summed E-state index contributed by atoms with van der Waals surface area (Å²) in [7, 11) is -1.17. The minimum absolute atomic E-state index is 0.0800. The van der Waals surface area contributed by atoms with Gasteiger partial charge in [-0.15, -0.1) is 5.10 Å². The van der Waals surface area contributed by atoms with Crippen molar-refractivity contribution >= 4 is 25.6 Å². The summed E-state index contributed by atoms with van der Waals surface area (Å²) in [5.74, 6) is 0.304. The van der Waals surface area contributed by atoms with Crippen LogP contribution >= 0.6 is 0 Å². The van der Waals surface area contributed by atoms with E-state index in [0.29, 0.717) is 41.4 Å². The first kappa shape index (κ1) is 25.0. The zero-order chi connectivity index (χ0) is 26.2. The van der Waals surface area contributed by atoms with Crippen LogP contribution in [0.1, 0.15) is 13.3 Å². The second-order valence-corrected chi connectivity index (χ2v) is 15.9. The van der Waals surface area contributed by atoms with Gasteiger partial charge in [-0.3, -0.25) is 4.90 Å². The van der Waals surface area contributed by atoms with Crippen molar-refractivity contribution in [1.29, 1.82) is 0 Å². The van der Waals surface area contributed by atoms with E-state index in [4.69, 9.17) is 9.47 Å². The maximum absolute atomic E-state index is 15.2. The van der Waals surface area contributed by atoms with Gasteiger partial charge in [0.1, 0.15) is 31.3 Å². The van der Waals surface area contributed by atoms with Gasteiger partial charge in [0, 0.05) is 26.4 Å². The zero-order valence-electron chi connectivity index (χ0n) is 21.4. The lowest BCUT2D eigenvalue weighted by molar-refractivity contribution is 0.0784. The Labute approximate surface area is 215 Å². The van der Waals surface area contributed by atoms with E-state index in [2.05, 4.69) is 39.8 Å². The highest BCUT2D eigenvalue weighted by Crippen LogP contribution is 2.30. The summed E-state index contributed by atoms with van der Waals surface area (Å²) in [5.41, 5.74) is 2.05. The van der Waals surface area contributed by atoms with Crippen LogP contribution in [0.5, 0.6) is 0 Å². The molecule has 0 aliphatic carbocycles. The van der Waals surface area contributed by atoms with Gasteiger partial charge in [0.2, 0.25) is 0 Å². The zero-order valence-corrected chi connectivity index (χ0v) is 22.4. The molecule has 1 atom stereocenters. The second kappa shape index (κ2) is 10.0. The van der Waals surface area contributed by atoms with E-state index < -0.39 is 20.0 Å². The first-order valence-corrected chi connectivity index (χ1v) is 16.0. The van der Waals surface area contributed by atoms with Crippen LogP contribution < -0.4 is 4.90 Å². The molecular weight excluding hydrogens is 493 g/mol. The van der Waals surface area contributed by atoms with E-state index >= 15 is 4.39 Å². The number of benzene rings is 1. The molecule has 1 aromatic carbocycles. The molecule has 3 aromatic heterocycles. The molecule has 4 heterocycles. The summed E-state index contributed by atoms with van der Waals surface area (Å²) in [6, 6.07) is 7.56. The number of hydrogen-bond donors (Lipinski definition) is 0. The van der Waals surface area contributed by atoms with Gasteiger partial charge in [0.25, 0.3) is 0 Å². The molecular formula is C25H30FN7O3Si. The summed E-state index contributed by atoms with van der Waals surface area (Å²) in [6.45, 7) is 10.1. The third-order valence-corrected chi connectivity index (χ3v) is 8.02. The summed E-state index contributed by atoms with van der Waals surface area (Å²) >= 11 is 0. The monoisotopic (exact) mass is 523 g/mol. The van der Waals surface area contributed by atoms with Gasteiger partial charge in [-0.2, -0.15) is 5.10 Å². The molecule has 0 radical (unpaired) electrons. The van der Waals surface area contributed by atoms with Crippen LogP contribution in [-0.4, -0.2) is 62.8 Å². The topological polar surface area (TPSA) is 99.7 Å². The van der Waals surface area contributed by atoms with Gasteiger partial charge in [0.05, 0.1) is 17.8 Å². The average Bonchev–Trinajstić information content (AvgIpc) is 3.59. The Bertz CT molecular complexity index is 1430. The van der Waals surface area contributed by atoms with Gasteiger partial charge in [-0.05, 0) is 36.2 Å². The standard InChI is InChI=1S/C25H30FN7O3Si/c1-5-18-14-36-25(34)33(18)22-8-9-32-24(29-22)20(13-28-32)17-6-7-19(21(26)12-17)23-27-15-31(30-23)16-35-10-11-37(2,3)4/h6-9,12-13,15,18H,5,10-11,14,16H2,1-4H3. The number of fused-ring (bicyclic) bond motifs is 1. The Kier molecular flexibility index (Phi) is 6.78. The number of nitrogens with zero attached hydrogens (tertiary/aromatic N) is 7. The van der Waals surface area contributed by atoms with Crippen molar-refractivity contribution < 1.29 is 18.7 Å². The number of carbonyl (C=O) groups is 1. The molecule has 4 aromatic rings. The van der Waals surface area contributed by atoms with E-state index in [0.717, 1.165) is 12.5 Å². The number of carbonyl (C=O) groups excluding carboxylic acids is 1. The number of amides is 1. The minimum atomic E-state index is -1.17. The van der Waals surface area contributed by atoms with Crippen molar-refractivity contribution in [2.24, 2.45) is 0 Å². The predicted molar refractivity (Wildman–Crippen MR) is 139 cm³/mol. The number of cyclic esters (lactones) is 1. The fourth-order valence-corrected chi connectivity index (χ4v) is 4.88. The van der Waals surface area contributed by atoms with Gasteiger partial charge in [-0.1, -0.05) is 32.6 Å². The molecule has 5 rings (SSSR count). The molecule has 0 N–H and O–H groups in total. The second-order valence-electron chi connectivity index (χ2n) is 10.3. The van der Waals surface area contributed by atoms with Crippen LogP contribution in [0.25, 0.3) is 28.2 Å². The number of anilines is 1. The first-order valence-electron chi connectivity index (χ1n) is 12.3. The molecule has 1 saturated heterocycles. The number of rotatable bonds is 9. The lowest BCUT2D eigenvalue weighted by Gasteiger charge is -2.19. The smallest absolute Gasteiger partial charge is 0.415 e. The van der Waals surface area contributed by atoms with Crippen molar-refractivity contribution in [2.75, 3.05) is 18.1 Å². The highest BCUT2D eigenvalue weighted by Gasteiger charge is 2.34. The molecule has 1 unspecified atom stereocenters. The largest absolute Gasteiger partial charge is 0.447 e. The third kappa shape index (κ3) is 5.25. The quantitative estimate of drug-likeness (QED) is 0.229. The Hall–Kier alpha value is -3.64. The van der Waals surface area contributed by atoms with Gasteiger partial charge < -0.3 is 9.47 Å². The minimum Gasteiger partial charge on any atom is -0.447 e. The molecule has 0 bridgehead atoms. The van der Waals surface area contributed by atoms with E-state index in [-0.39, 0.29) is 18.6 Å². The number of hydrogen-bond acceptors (Lipinski definition) is 7. The average molecular weight is 524 g/mol. The summed E-state index contributed by atoms with van der Waals surface area (Å²) < 4.78 is 29.3. The van der Waals surface area contributed by atoms with Crippen molar-refractivity contribution in [2.45, 2.75) is 51.8 Å². The summed E-state index contributed by atoms with van der Waals surface area (Å²) in [4.78, 5) is 22.8. The molecule has 12 heteroatoms. The van der Waals surface area contributed by atoms with E-state index in [1.165, 1.54) is 6.07 Å². The van der Waals surface area contributed by atoms with E-state index in [1.54, 1.807) is 51.0 Å². The Morgan fingerprint density at radius 2 is 2.05 bits per heavy atom. The molecule has 37 heavy (non-hydrogen) atoms. The normalized spacial score (nSPS) is 16.1. The fraction of sp³-hybridized carbons (Fsp3) is 0.400. The number of halogens is 1. The van der Waals surface area contributed by atoms with Crippen LogP contribution in [0.3, 0.4) is 0 Å². The molecule has 0 saturated carbocycles. The van der Waals surface area contributed by atoms with Crippen LogP contribution in [0, 0.1) is 5.82 Å². The maximum Gasteiger partial charge on any atom is 0.415 e. The van der Waals surface area contributed by atoms with Crippen LogP contribution in [0.2, 0.25) is 25.7 Å². The van der Waals surface area contributed by atoms with Crippen LogP contribution in [-0.2, 0) is 16.2 Å². The van der Waals surface area contributed by atoms with E-state index in [1.807, 2.05) is 6.92 Å². The molecule has 0 spiro atoms. The molecule has 1 fully saturated rings. The number of ether oxygens (including phenoxy) is 2. The SMILES string of the molecule is CCC1COC(=O)N1c1ccn2ncc(-c3ccc(-c4ncn(COCC[Si](C)(C)C)n4)c(F)c3)c2n1.